The van der Waals surface area contributed by atoms with E-state index in [0.717, 1.165) is 52.3 Å². The number of benzene rings is 1. The van der Waals surface area contributed by atoms with Crippen LogP contribution in [0.1, 0.15) is 32.0 Å². The SMILES string of the molecule is CCCCCn1c(C)nc2sc(-c3ccccc3)cc2c1=O. The minimum atomic E-state index is 0.0945. The van der Waals surface area contributed by atoms with Crippen molar-refractivity contribution in [1.29, 1.82) is 0 Å². The fraction of sp³-hybridized carbons (Fsp3) is 0.333. The smallest absolute Gasteiger partial charge is 0.262 e. The molecule has 0 amide bonds. The lowest BCUT2D eigenvalue weighted by atomic mass is 10.2. The molecule has 3 rings (SSSR count). The van der Waals surface area contributed by atoms with Crippen molar-refractivity contribution >= 4 is 21.6 Å². The van der Waals surface area contributed by atoms with E-state index < -0.39 is 0 Å². The van der Waals surface area contributed by atoms with Gasteiger partial charge in [0.15, 0.2) is 0 Å². The van der Waals surface area contributed by atoms with Gasteiger partial charge in [-0.05, 0) is 25.0 Å². The van der Waals surface area contributed by atoms with Crippen LogP contribution in [0.5, 0.6) is 0 Å². The number of hydrogen-bond acceptors (Lipinski definition) is 3. The predicted molar refractivity (Wildman–Crippen MR) is 93.6 cm³/mol. The van der Waals surface area contributed by atoms with Crippen LogP contribution in [0.15, 0.2) is 41.2 Å². The van der Waals surface area contributed by atoms with Gasteiger partial charge >= 0.3 is 0 Å². The Labute approximate surface area is 134 Å². The highest BCUT2D eigenvalue weighted by Crippen LogP contribution is 2.30. The average Bonchev–Trinajstić information content (AvgIpc) is 2.95. The van der Waals surface area contributed by atoms with Gasteiger partial charge in [-0.25, -0.2) is 4.98 Å². The van der Waals surface area contributed by atoms with Crippen LogP contribution in [-0.2, 0) is 6.54 Å². The predicted octanol–water partition coefficient (Wildman–Crippen LogP) is 4.62. The number of thiophene rings is 1. The lowest BCUT2D eigenvalue weighted by Gasteiger charge is -2.08. The van der Waals surface area contributed by atoms with Crippen molar-refractivity contribution in [2.75, 3.05) is 0 Å². The Kier molecular flexibility index (Phi) is 4.39. The van der Waals surface area contributed by atoms with Gasteiger partial charge in [0.05, 0.1) is 5.39 Å². The van der Waals surface area contributed by atoms with Crippen LogP contribution in [-0.4, -0.2) is 9.55 Å². The topological polar surface area (TPSA) is 34.9 Å². The molecule has 0 saturated heterocycles. The van der Waals surface area contributed by atoms with E-state index in [1.165, 1.54) is 0 Å². The lowest BCUT2D eigenvalue weighted by Crippen LogP contribution is -2.23. The molecule has 0 fully saturated rings. The molecule has 0 bridgehead atoms. The third kappa shape index (κ3) is 2.83. The number of aryl methyl sites for hydroxylation is 1. The Morgan fingerprint density at radius 1 is 1.18 bits per heavy atom. The van der Waals surface area contributed by atoms with Gasteiger partial charge in [-0.1, -0.05) is 50.1 Å². The summed E-state index contributed by atoms with van der Waals surface area (Å²) in [4.78, 5) is 19.3. The largest absolute Gasteiger partial charge is 0.296 e. The molecular formula is C18H20N2OS. The molecule has 1 aromatic carbocycles. The molecule has 2 heterocycles. The van der Waals surface area contributed by atoms with Crippen LogP contribution in [0.2, 0.25) is 0 Å². The molecule has 3 aromatic rings. The first kappa shape index (κ1) is 15.0. The minimum absolute atomic E-state index is 0.0945. The Morgan fingerprint density at radius 2 is 1.95 bits per heavy atom. The molecule has 0 spiro atoms. The van der Waals surface area contributed by atoms with Gasteiger partial charge in [0.2, 0.25) is 0 Å². The van der Waals surface area contributed by atoms with Crippen LogP contribution >= 0.6 is 11.3 Å². The second-order valence-electron chi connectivity index (χ2n) is 5.52. The maximum absolute atomic E-state index is 12.7. The zero-order valence-corrected chi connectivity index (χ0v) is 13.8. The van der Waals surface area contributed by atoms with Crippen molar-refractivity contribution in [3.63, 3.8) is 0 Å². The number of nitrogens with zero attached hydrogens (tertiary/aromatic N) is 2. The number of hydrogen-bond donors (Lipinski definition) is 0. The molecule has 0 N–H and O–H groups in total. The summed E-state index contributed by atoms with van der Waals surface area (Å²) >= 11 is 1.59. The number of unbranched alkanes of at least 4 members (excludes halogenated alkanes) is 2. The van der Waals surface area contributed by atoms with E-state index in [0.29, 0.717) is 0 Å². The van der Waals surface area contributed by atoms with Gasteiger partial charge in [-0.15, -0.1) is 11.3 Å². The van der Waals surface area contributed by atoms with E-state index in [2.05, 4.69) is 24.0 Å². The summed E-state index contributed by atoms with van der Waals surface area (Å²) in [5, 5.41) is 0.742. The lowest BCUT2D eigenvalue weighted by molar-refractivity contribution is 0.570. The maximum atomic E-state index is 12.7. The molecule has 114 valence electrons. The number of fused-ring (bicyclic) bond motifs is 1. The highest BCUT2D eigenvalue weighted by Gasteiger charge is 2.12. The van der Waals surface area contributed by atoms with E-state index in [1.807, 2.05) is 35.8 Å². The van der Waals surface area contributed by atoms with E-state index in [1.54, 1.807) is 11.3 Å². The highest BCUT2D eigenvalue weighted by molar-refractivity contribution is 7.21. The fourth-order valence-corrected chi connectivity index (χ4v) is 3.72. The molecule has 0 aliphatic rings. The van der Waals surface area contributed by atoms with Crippen LogP contribution < -0.4 is 5.56 Å². The molecule has 0 aliphatic carbocycles. The molecule has 22 heavy (non-hydrogen) atoms. The molecule has 0 aliphatic heterocycles. The number of aromatic nitrogens is 2. The summed E-state index contributed by atoms with van der Waals surface area (Å²) in [5.74, 6) is 0.815. The van der Waals surface area contributed by atoms with Crippen LogP contribution in [0, 0.1) is 6.92 Å². The fourth-order valence-electron chi connectivity index (χ4n) is 2.65. The first-order chi connectivity index (χ1) is 10.7. The van der Waals surface area contributed by atoms with Crippen molar-refractivity contribution in [2.24, 2.45) is 0 Å². The summed E-state index contributed by atoms with van der Waals surface area (Å²) in [6, 6.07) is 12.2. The van der Waals surface area contributed by atoms with E-state index in [-0.39, 0.29) is 5.56 Å². The normalized spacial score (nSPS) is 11.2. The third-order valence-corrected chi connectivity index (χ3v) is 4.96. The van der Waals surface area contributed by atoms with Crippen molar-refractivity contribution in [3.8, 4) is 10.4 Å². The van der Waals surface area contributed by atoms with E-state index >= 15 is 0 Å². The zero-order valence-electron chi connectivity index (χ0n) is 13.0. The zero-order chi connectivity index (χ0) is 15.5. The van der Waals surface area contributed by atoms with Gasteiger partial charge in [0, 0.05) is 11.4 Å². The molecule has 0 radical (unpaired) electrons. The van der Waals surface area contributed by atoms with Crippen molar-refractivity contribution in [2.45, 2.75) is 39.7 Å². The first-order valence-electron chi connectivity index (χ1n) is 7.77. The van der Waals surface area contributed by atoms with E-state index in [4.69, 9.17) is 0 Å². The summed E-state index contributed by atoms with van der Waals surface area (Å²) in [6.45, 7) is 4.86. The standard InChI is InChI=1S/C18H20N2OS/c1-3-4-8-11-20-13(2)19-17-15(18(20)21)12-16(22-17)14-9-6-5-7-10-14/h5-7,9-10,12H,3-4,8,11H2,1-2H3. The van der Waals surface area contributed by atoms with Gasteiger partial charge in [0.25, 0.3) is 5.56 Å². The summed E-state index contributed by atoms with van der Waals surface area (Å²) in [5.41, 5.74) is 1.23. The molecule has 4 heteroatoms. The Hall–Kier alpha value is -1.94. The quantitative estimate of drug-likeness (QED) is 0.644. The summed E-state index contributed by atoms with van der Waals surface area (Å²) < 4.78 is 1.82. The van der Waals surface area contributed by atoms with Crippen molar-refractivity contribution in [3.05, 3.63) is 52.6 Å². The van der Waals surface area contributed by atoms with E-state index in [9.17, 15) is 4.79 Å². The second-order valence-corrected chi connectivity index (χ2v) is 6.55. The molecule has 2 aromatic heterocycles. The average molecular weight is 312 g/mol. The van der Waals surface area contributed by atoms with Gasteiger partial charge in [-0.3, -0.25) is 9.36 Å². The summed E-state index contributed by atoms with van der Waals surface area (Å²) in [7, 11) is 0. The molecule has 0 atom stereocenters. The molecular weight excluding hydrogens is 292 g/mol. The molecule has 0 saturated carbocycles. The third-order valence-electron chi connectivity index (χ3n) is 3.89. The first-order valence-corrected chi connectivity index (χ1v) is 8.58. The monoisotopic (exact) mass is 312 g/mol. The maximum Gasteiger partial charge on any atom is 0.262 e. The van der Waals surface area contributed by atoms with Crippen molar-refractivity contribution in [1.82, 2.24) is 9.55 Å². The van der Waals surface area contributed by atoms with Crippen molar-refractivity contribution < 1.29 is 0 Å². The van der Waals surface area contributed by atoms with Crippen LogP contribution in [0.25, 0.3) is 20.7 Å². The molecule has 0 unspecified atom stereocenters. The Balaban J connectivity index is 2.05. The Morgan fingerprint density at radius 3 is 2.68 bits per heavy atom. The summed E-state index contributed by atoms with van der Waals surface area (Å²) in [6.07, 6.45) is 3.32. The molecule has 3 nitrogen and oxygen atoms in total. The second kappa shape index (κ2) is 6.44. The van der Waals surface area contributed by atoms with Gasteiger partial charge in [0.1, 0.15) is 10.7 Å². The van der Waals surface area contributed by atoms with Crippen LogP contribution in [0.3, 0.4) is 0 Å². The Bertz CT molecular complexity index is 833. The van der Waals surface area contributed by atoms with Gasteiger partial charge in [-0.2, -0.15) is 0 Å². The minimum Gasteiger partial charge on any atom is -0.296 e. The number of rotatable bonds is 5. The van der Waals surface area contributed by atoms with Gasteiger partial charge < -0.3 is 0 Å². The highest BCUT2D eigenvalue weighted by atomic mass is 32.1. The van der Waals surface area contributed by atoms with Crippen LogP contribution in [0.4, 0.5) is 0 Å².